The molecule has 0 aromatic heterocycles. The molecule has 1 atom stereocenters. The third-order valence-electron chi connectivity index (χ3n) is 5.66. The van der Waals surface area contributed by atoms with Crippen molar-refractivity contribution < 1.29 is 18.0 Å². The van der Waals surface area contributed by atoms with E-state index in [-0.39, 0.29) is 37.7 Å². The molecule has 0 aliphatic heterocycles. The van der Waals surface area contributed by atoms with Crippen LogP contribution in [0.3, 0.4) is 0 Å². The molecule has 0 aliphatic carbocycles. The molecule has 2 rings (SSSR count). The van der Waals surface area contributed by atoms with E-state index in [1.807, 2.05) is 40.7 Å². The summed E-state index contributed by atoms with van der Waals surface area (Å²) in [6.45, 7) is 9.70. The Morgan fingerprint density at radius 3 is 2.27 bits per heavy atom. The molecule has 10 heteroatoms. The van der Waals surface area contributed by atoms with Crippen molar-refractivity contribution in [3.05, 3.63) is 63.6 Å². The first-order chi connectivity index (χ1) is 17.1. The molecule has 0 saturated heterocycles. The number of amides is 2. The predicted octanol–water partition coefficient (Wildman–Crippen LogP) is 5.57. The van der Waals surface area contributed by atoms with Crippen LogP contribution in [0.25, 0.3) is 0 Å². The number of hydrogen-bond acceptors (Lipinski definition) is 4. The van der Waals surface area contributed by atoms with Crippen molar-refractivity contribution in [2.75, 3.05) is 17.1 Å². The quantitative estimate of drug-likeness (QED) is 0.383. The van der Waals surface area contributed by atoms with Gasteiger partial charge in [-0.05, 0) is 75.9 Å². The number of nitrogens with one attached hydrogen (secondary N) is 1. The van der Waals surface area contributed by atoms with Gasteiger partial charge in [-0.15, -0.1) is 0 Å². The Bertz CT molecular complexity index is 1210. The van der Waals surface area contributed by atoms with Gasteiger partial charge in [0.2, 0.25) is 21.8 Å². The Morgan fingerprint density at radius 2 is 1.73 bits per heavy atom. The third-order valence-corrected chi connectivity index (χ3v) is 7.60. The van der Waals surface area contributed by atoms with E-state index in [2.05, 4.69) is 5.32 Å². The summed E-state index contributed by atoms with van der Waals surface area (Å²) in [5.74, 6) is -0.499. The lowest BCUT2D eigenvalue weighted by molar-refractivity contribution is -0.142. The van der Waals surface area contributed by atoms with Gasteiger partial charge >= 0.3 is 0 Å². The highest BCUT2D eigenvalue weighted by atomic mass is 35.5. The molecule has 0 spiro atoms. The second kappa shape index (κ2) is 13.0. The van der Waals surface area contributed by atoms with Crippen molar-refractivity contribution >= 4 is 50.7 Å². The lowest BCUT2D eigenvalue weighted by Crippen LogP contribution is -2.53. The summed E-state index contributed by atoms with van der Waals surface area (Å²) in [5, 5.41) is 3.73. The average Bonchev–Trinajstić information content (AvgIpc) is 2.76. The van der Waals surface area contributed by atoms with Crippen LogP contribution in [0.15, 0.2) is 42.5 Å². The van der Waals surface area contributed by atoms with Crippen LogP contribution < -0.4 is 9.62 Å². The minimum absolute atomic E-state index is 0.0679. The van der Waals surface area contributed by atoms with E-state index in [0.29, 0.717) is 22.2 Å². The number of halogens is 2. The van der Waals surface area contributed by atoms with Gasteiger partial charge in [0.05, 0.1) is 22.0 Å². The summed E-state index contributed by atoms with van der Waals surface area (Å²) in [5.41, 5.74) is 1.76. The van der Waals surface area contributed by atoms with E-state index in [0.717, 1.165) is 17.4 Å². The normalized spacial score (nSPS) is 12.6. The Hall–Kier alpha value is -2.29. The summed E-state index contributed by atoms with van der Waals surface area (Å²) in [6, 6.07) is 11.6. The van der Waals surface area contributed by atoms with Gasteiger partial charge in [-0.3, -0.25) is 13.9 Å². The Kier molecular flexibility index (Phi) is 10.9. The Balaban J connectivity index is 2.27. The molecule has 2 amide bonds. The summed E-state index contributed by atoms with van der Waals surface area (Å²) in [4.78, 5) is 28.2. The fourth-order valence-corrected chi connectivity index (χ4v) is 5.27. The minimum Gasteiger partial charge on any atom is -0.350 e. The number of anilines is 1. The van der Waals surface area contributed by atoms with E-state index in [1.54, 1.807) is 36.4 Å². The number of carbonyl (C=O) groups is 2. The molecule has 0 saturated carbocycles. The Labute approximate surface area is 231 Å². The van der Waals surface area contributed by atoms with E-state index in [4.69, 9.17) is 23.2 Å². The van der Waals surface area contributed by atoms with Crippen molar-refractivity contribution in [1.82, 2.24) is 10.2 Å². The smallest absolute Gasteiger partial charge is 0.243 e. The van der Waals surface area contributed by atoms with Gasteiger partial charge in [-0.2, -0.15) is 0 Å². The molecule has 1 unspecified atom stereocenters. The second-order valence-electron chi connectivity index (χ2n) is 10.2. The fraction of sp³-hybridized carbons (Fsp3) is 0.481. The molecule has 204 valence electrons. The fourth-order valence-electron chi connectivity index (χ4n) is 3.99. The molecule has 0 fully saturated rings. The van der Waals surface area contributed by atoms with E-state index >= 15 is 0 Å². The number of rotatable bonds is 11. The largest absolute Gasteiger partial charge is 0.350 e. The van der Waals surface area contributed by atoms with Crippen LogP contribution in [0.5, 0.6) is 0 Å². The summed E-state index contributed by atoms with van der Waals surface area (Å²) < 4.78 is 26.3. The lowest BCUT2D eigenvalue weighted by atomic mass is 10.0. The maximum atomic E-state index is 13.5. The summed E-state index contributed by atoms with van der Waals surface area (Å²) >= 11 is 12.3. The zero-order valence-corrected chi connectivity index (χ0v) is 24.7. The van der Waals surface area contributed by atoms with Crippen molar-refractivity contribution in [2.45, 2.75) is 72.0 Å². The van der Waals surface area contributed by atoms with Gasteiger partial charge in [-0.25, -0.2) is 8.42 Å². The Morgan fingerprint density at radius 1 is 1.05 bits per heavy atom. The molecule has 37 heavy (non-hydrogen) atoms. The van der Waals surface area contributed by atoms with Gasteiger partial charge in [0.15, 0.2) is 0 Å². The number of nitrogens with zero attached hydrogens (tertiary/aromatic N) is 2. The van der Waals surface area contributed by atoms with Crippen LogP contribution in [-0.2, 0) is 26.2 Å². The van der Waals surface area contributed by atoms with Crippen molar-refractivity contribution in [2.24, 2.45) is 0 Å². The van der Waals surface area contributed by atoms with Gasteiger partial charge in [0.25, 0.3) is 0 Å². The van der Waals surface area contributed by atoms with Gasteiger partial charge in [0, 0.05) is 25.0 Å². The predicted molar refractivity (Wildman–Crippen MR) is 152 cm³/mol. The molecular weight excluding hydrogens is 533 g/mol. The first kappa shape index (κ1) is 30.9. The SMILES string of the molecule is CCC(C(=O)NC(C)(C)C)N(Cc1ccc(Cl)c(Cl)c1)C(=O)CCCN(c1cccc(C)c1)S(C)(=O)=O. The van der Waals surface area contributed by atoms with E-state index in [1.165, 1.54) is 9.21 Å². The number of benzene rings is 2. The molecule has 0 bridgehead atoms. The monoisotopic (exact) mass is 569 g/mol. The van der Waals surface area contributed by atoms with Crippen LogP contribution in [0, 0.1) is 6.92 Å². The van der Waals surface area contributed by atoms with Crippen LogP contribution in [0.2, 0.25) is 10.0 Å². The first-order valence-corrected chi connectivity index (χ1v) is 14.8. The van der Waals surface area contributed by atoms with Crippen LogP contribution in [-0.4, -0.2) is 49.5 Å². The first-order valence-electron chi connectivity index (χ1n) is 12.2. The highest BCUT2D eigenvalue weighted by Gasteiger charge is 2.31. The molecule has 0 heterocycles. The van der Waals surface area contributed by atoms with Crippen LogP contribution in [0.1, 0.15) is 58.1 Å². The average molecular weight is 571 g/mol. The maximum Gasteiger partial charge on any atom is 0.243 e. The van der Waals surface area contributed by atoms with Gasteiger partial charge in [-0.1, -0.05) is 48.3 Å². The standard InChI is InChI=1S/C27H37Cl2N3O4S/c1-7-24(26(34)30-27(3,4)5)31(18-20-13-14-22(28)23(29)17-20)25(33)12-9-15-32(37(6,35)36)21-11-8-10-19(2)16-21/h8,10-11,13-14,16-17,24H,7,9,12,15,18H2,1-6H3,(H,30,34). The van der Waals surface area contributed by atoms with E-state index < -0.39 is 21.6 Å². The van der Waals surface area contributed by atoms with Crippen molar-refractivity contribution in [3.63, 3.8) is 0 Å². The molecule has 2 aromatic rings. The van der Waals surface area contributed by atoms with Crippen LogP contribution in [0.4, 0.5) is 5.69 Å². The van der Waals surface area contributed by atoms with Crippen molar-refractivity contribution in [1.29, 1.82) is 0 Å². The molecule has 2 aromatic carbocycles. The van der Waals surface area contributed by atoms with Crippen LogP contribution >= 0.6 is 23.2 Å². The minimum atomic E-state index is -3.55. The second-order valence-corrected chi connectivity index (χ2v) is 12.9. The third kappa shape index (κ3) is 9.51. The zero-order chi connectivity index (χ0) is 28.0. The number of carbonyl (C=O) groups excluding carboxylic acids is 2. The molecule has 0 aliphatic rings. The lowest BCUT2D eigenvalue weighted by Gasteiger charge is -2.33. The topological polar surface area (TPSA) is 86.8 Å². The molecule has 0 radical (unpaired) electrons. The van der Waals surface area contributed by atoms with Gasteiger partial charge in [0.1, 0.15) is 6.04 Å². The highest BCUT2D eigenvalue weighted by Crippen LogP contribution is 2.25. The summed E-state index contributed by atoms with van der Waals surface area (Å²) in [6.07, 6.45) is 1.92. The number of hydrogen-bond donors (Lipinski definition) is 1. The number of sulfonamides is 1. The maximum absolute atomic E-state index is 13.5. The number of aryl methyl sites for hydroxylation is 1. The molecular formula is C27H37Cl2N3O4S. The van der Waals surface area contributed by atoms with E-state index in [9.17, 15) is 18.0 Å². The molecule has 7 nitrogen and oxygen atoms in total. The van der Waals surface area contributed by atoms with Gasteiger partial charge < -0.3 is 10.2 Å². The highest BCUT2D eigenvalue weighted by molar-refractivity contribution is 7.92. The molecule has 1 N–H and O–H groups in total. The van der Waals surface area contributed by atoms with Crippen molar-refractivity contribution in [3.8, 4) is 0 Å². The summed E-state index contributed by atoms with van der Waals surface area (Å²) in [7, 11) is -3.55. The zero-order valence-electron chi connectivity index (χ0n) is 22.3.